The molecule has 4 heteroatoms. The van der Waals surface area contributed by atoms with Crippen molar-refractivity contribution in [1.29, 1.82) is 0 Å². The average molecular weight is 270 g/mol. The van der Waals surface area contributed by atoms with Crippen molar-refractivity contribution in [2.45, 2.75) is 12.8 Å². The summed E-state index contributed by atoms with van der Waals surface area (Å²) in [5.41, 5.74) is 0.960. The van der Waals surface area contributed by atoms with Gasteiger partial charge in [0, 0.05) is 35.8 Å². The topological polar surface area (TPSA) is 39.2 Å². The number of halogens is 1. The maximum absolute atomic E-state index is 11.8. The minimum absolute atomic E-state index is 0.0870. The lowest BCUT2D eigenvalue weighted by atomic mass is 9.98. The number of aromatic nitrogens is 1. The van der Waals surface area contributed by atoms with Gasteiger partial charge in [0.1, 0.15) is 5.78 Å². The lowest BCUT2D eigenvalue weighted by Crippen LogP contribution is -2.16. The summed E-state index contributed by atoms with van der Waals surface area (Å²) in [7, 11) is 0. The number of nitrogens with zero attached hydrogens (tertiary/aromatic N) is 1. The summed E-state index contributed by atoms with van der Waals surface area (Å²) >= 11 is 3.34. The van der Waals surface area contributed by atoms with Crippen LogP contribution >= 0.6 is 15.9 Å². The molecule has 1 unspecified atom stereocenters. The molecule has 80 valence electrons. The van der Waals surface area contributed by atoms with Gasteiger partial charge in [0.25, 0.3) is 0 Å². The molecule has 1 aliphatic heterocycles. The SMILES string of the molecule is O=C(Cc1cncc(Br)c1)C1CCOC1. The summed E-state index contributed by atoms with van der Waals surface area (Å²) in [6, 6.07) is 1.93. The van der Waals surface area contributed by atoms with Crippen LogP contribution in [-0.2, 0) is 16.0 Å². The fourth-order valence-electron chi connectivity index (χ4n) is 1.69. The van der Waals surface area contributed by atoms with E-state index < -0.39 is 0 Å². The molecule has 2 heterocycles. The van der Waals surface area contributed by atoms with Gasteiger partial charge in [0.2, 0.25) is 0 Å². The molecule has 0 saturated carbocycles. The van der Waals surface area contributed by atoms with Crippen LogP contribution in [0.3, 0.4) is 0 Å². The molecule has 1 aliphatic rings. The highest BCUT2D eigenvalue weighted by Gasteiger charge is 2.23. The molecule has 0 N–H and O–H groups in total. The second-order valence-electron chi connectivity index (χ2n) is 3.72. The first-order valence-electron chi connectivity index (χ1n) is 4.95. The largest absolute Gasteiger partial charge is 0.381 e. The molecule has 3 nitrogen and oxygen atoms in total. The molecule has 1 saturated heterocycles. The van der Waals surface area contributed by atoms with Gasteiger partial charge in [-0.25, -0.2) is 0 Å². The van der Waals surface area contributed by atoms with Crippen LogP contribution in [0.1, 0.15) is 12.0 Å². The molecule has 0 radical (unpaired) electrons. The third-order valence-electron chi connectivity index (χ3n) is 2.52. The quantitative estimate of drug-likeness (QED) is 0.843. The van der Waals surface area contributed by atoms with Crippen molar-refractivity contribution in [3.63, 3.8) is 0 Å². The number of Topliss-reactive ketones (excluding diaryl/α,β-unsaturated/α-hetero) is 1. The summed E-state index contributed by atoms with van der Waals surface area (Å²) in [6.07, 6.45) is 4.77. The highest BCUT2D eigenvalue weighted by molar-refractivity contribution is 9.10. The van der Waals surface area contributed by atoms with E-state index in [9.17, 15) is 4.79 Å². The Morgan fingerprint density at radius 3 is 3.13 bits per heavy atom. The Hall–Kier alpha value is -0.740. The van der Waals surface area contributed by atoms with Crippen molar-refractivity contribution >= 4 is 21.7 Å². The molecule has 1 aromatic rings. The molecule has 0 amide bonds. The van der Waals surface area contributed by atoms with Crippen molar-refractivity contribution in [3.8, 4) is 0 Å². The summed E-state index contributed by atoms with van der Waals surface area (Å²) in [6.45, 7) is 1.30. The van der Waals surface area contributed by atoms with E-state index in [1.54, 1.807) is 12.4 Å². The highest BCUT2D eigenvalue weighted by Crippen LogP contribution is 2.17. The Balaban J connectivity index is 1.99. The van der Waals surface area contributed by atoms with Crippen molar-refractivity contribution in [1.82, 2.24) is 4.98 Å². The molecule has 1 aromatic heterocycles. The summed E-state index contributed by atoms with van der Waals surface area (Å²) in [5, 5.41) is 0. The fourth-order valence-corrected chi connectivity index (χ4v) is 2.10. The molecule has 0 bridgehead atoms. The van der Waals surface area contributed by atoms with Crippen molar-refractivity contribution in [3.05, 3.63) is 28.5 Å². The van der Waals surface area contributed by atoms with E-state index in [1.807, 2.05) is 6.07 Å². The van der Waals surface area contributed by atoms with Crippen LogP contribution in [0.25, 0.3) is 0 Å². The summed E-state index contributed by atoms with van der Waals surface area (Å²) < 4.78 is 6.11. The van der Waals surface area contributed by atoms with Crippen LogP contribution in [0.5, 0.6) is 0 Å². The minimum Gasteiger partial charge on any atom is -0.381 e. The summed E-state index contributed by atoms with van der Waals surface area (Å²) in [4.78, 5) is 15.8. The van der Waals surface area contributed by atoms with E-state index in [2.05, 4.69) is 20.9 Å². The van der Waals surface area contributed by atoms with Crippen molar-refractivity contribution < 1.29 is 9.53 Å². The maximum atomic E-state index is 11.8. The number of rotatable bonds is 3. The molecule has 0 aliphatic carbocycles. The number of pyridine rings is 1. The zero-order valence-corrected chi connectivity index (χ0v) is 9.87. The second kappa shape index (κ2) is 4.86. The van der Waals surface area contributed by atoms with E-state index in [4.69, 9.17) is 4.74 Å². The van der Waals surface area contributed by atoms with Crippen LogP contribution in [-0.4, -0.2) is 24.0 Å². The third kappa shape index (κ3) is 2.86. The minimum atomic E-state index is 0.0870. The first kappa shape index (κ1) is 10.8. The van der Waals surface area contributed by atoms with E-state index in [0.717, 1.165) is 16.5 Å². The number of hydrogen-bond acceptors (Lipinski definition) is 3. The summed E-state index contributed by atoms with van der Waals surface area (Å²) in [5.74, 6) is 0.344. The maximum Gasteiger partial charge on any atom is 0.142 e. The van der Waals surface area contributed by atoms with Crippen LogP contribution < -0.4 is 0 Å². The van der Waals surface area contributed by atoms with Gasteiger partial charge in [0.05, 0.1) is 6.61 Å². The van der Waals surface area contributed by atoms with Crippen LogP contribution in [0.15, 0.2) is 22.9 Å². The Labute approximate surface area is 97.0 Å². The molecule has 0 spiro atoms. The van der Waals surface area contributed by atoms with E-state index in [0.29, 0.717) is 19.6 Å². The molecular formula is C11H12BrNO2. The van der Waals surface area contributed by atoms with Gasteiger partial charge in [-0.05, 0) is 34.0 Å². The predicted molar refractivity (Wildman–Crippen MR) is 59.6 cm³/mol. The lowest BCUT2D eigenvalue weighted by Gasteiger charge is -2.06. The number of ether oxygens (including phenoxy) is 1. The van der Waals surface area contributed by atoms with Gasteiger partial charge in [0.15, 0.2) is 0 Å². The molecule has 2 rings (SSSR count). The van der Waals surface area contributed by atoms with Gasteiger partial charge in [-0.15, -0.1) is 0 Å². The molecule has 1 fully saturated rings. The van der Waals surface area contributed by atoms with Crippen molar-refractivity contribution in [2.24, 2.45) is 5.92 Å². The smallest absolute Gasteiger partial charge is 0.142 e. The van der Waals surface area contributed by atoms with Crippen molar-refractivity contribution in [2.75, 3.05) is 13.2 Å². The molecule has 1 atom stereocenters. The first-order chi connectivity index (χ1) is 7.25. The predicted octanol–water partition coefficient (Wildman–Crippen LogP) is 1.99. The van der Waals surface area contributed by atoms with Crippen LogP contribution in [0, 0.1) is 5.92 Å². The van der Waals surface area contributed by atoms with Gasteiger partial charge >= 0.3 is 0 Å². The first-order valence-corrected chi connectivity index (χ1v) is 5.75. The van der Waals surface area contributed by atoms with Crippen LogP contribution in [0.4, 0.5) is 0 Å². The standard InChI is InChI=1S/C11H12BrNO2/c12-10-3-8(5-13-6-10)4-11(14)9-1-2-15-7-9/h3,5-6,9H,1-2,4,7H2. The zero-order chi connectivity index (χ0) is 10.7. The van der Waals surface area contributed by atoms with Gasteiger partial charge in [-0.3, -0.25) is 9.78 Å². The highest BCUT2D eigenvalue weighted by atomic mass is 79.9. The lowest BCUT2D eigenvalue weighted by molar-refractivity contribution is -0.122. The second-order valence-corrected chi connectivity index (χ2v) is 4.63. The number of ketones is 1. The average Bonchev–Trinajstić information content (AvgIpc) is 2.70. The Kier molecular flexibility index (Phi) is 3.49. The van der Waals surface area contributed by atoms with E-state index in [1.165, 1.54) is 0 Å². The number of carbonyl (C=O) groups excluding carboxylic acids is 1. The normalized spacial score (nSPS) is 20.5. The molecule has 15 heavy (non-hydrogen) atoms. The fraction of sp³-hybridized carbons (Fsp3) is 0.455. The Bertz CT molecular complexity index is 361. The third-order valence-corrected chi connectivity index (χ3v) is 2.96. The van der Waals surface area contributed by atoms with Gasteiger partial charge in [-0.1, -0.05) is 0 Å². The zero-order valence-electron chi connectivity index (χ0n) is 8.28. The molecular weight excluding hydrogens is 258 g/mol. The number of hydrogen-bond donors (Lipinski definition) is 0. The van der Waals surface area contributed by atoms with E-state index >= 15 is 0 Å². The Morgan fingerprint density at radius 2 is 2.47 bits per heavy atom. The Morgan fingerprint density at radius 1 is 1.60 bits per heavy atom. The molecule has 0 aromatic carbocycles. The van der Waals surface area contributed by atoms with Gasteiger partial charge in [-0.2, -0.15) is 0 Å². The number of carbonyl (C=O) groups is 1. The monoisotopic (exact) mass is 269 g/mol. The van der Waals surface area contributed by atoms with Crippen LogP contribution in [0.2, 0.25) is 0 Å². The van der Waals surface area contributed by atoms with E-state index in [-0.39, 0.29) is 11.7 Å². The van der Waals surface area contributed by atoms with Gasteiger partial charge < -0.3 is 4.74 Å².